The lowest BCUT2D eigenvalue weighted by molar-refractivity contribution is 0.486. The van der Waals surface area contributed by atoms with Gasteiger partial charge in [0.15, 0.2) is 0 Å². The molecule has 108 valence electrons. The van der Waals surface area contributed by atoms with E-state index in [9.17, 15) is 0 Å². The van der Waals surface area contributed by atoms with Crippen molar-refractivity contribution in [1.82, 2.24) is 4.57 Å². The van der Waals surface area contributed by atoms with E-state index < -0.39 is 0 Å². The molecule has 2 aromatic carbocycles. The zero-order chi connectivity index (χ0) is 14.7. The van der Waals surface area contributed by atoms with Crippen molar-refractivity contribution in [3.63, 3.8) is 0 Å². The van der Waals surface area contributed by atoms with Gasteiger partial charge in [0, 0.05) is 35.5 Å². The molecule has 2 bridgehead atoms. The van der Waals surface area contributed by atoms with Crippen LogP contribution in [0.4, 0.5) is 0 Å². The smallest absolute Gasteiger partial charge is 0.0483 e. The predicted octanol–water partition coefficient (Wildman–Crippen LogP) is 4.98. The molecule has 0 radical (unpaired) electrons. The lowest BCUT2D eigenvalue weighted by Crippen LogP contribution is -2.20. The van der Waals surface area contributed by atoms with E-state index in [1.807, 2.05) is 0 Å². The van der Waals surface area contributed by atoms with Gasteiger partial charge < -0.3 is 4.57 Å². The third-order valence-corrected chi connectivity index (χ3v) is 5.56. The molecule has 0 saturated heterocycles. The number of nitrogens with zero attached hydrogens (tertiary/aromatic N) is 1. The van der Waals surface area contributed by atoms with Crippen LogP contribution in [0.3, 0.4) is 0 Å². The quantitative estimate of drug-likeness (QED) is 0.555. The number of para-hydroxylation sites is 1. The Morgan fingerprint density at radius 3 is 2.55 bits per heavy atom. The van der Waals surface area contributed by atoms with Crippen molar-refractivity contribution in [2.24, 2.45) is 13.0 Å². The largest absolute Gasteiger partial charge is 0.347 e. The van der Waals surface area contributed by atoms with Gasteiger partial charge >= 0.3 is 0 Å². The summed E-state index contributed by atoms with van der Waals surface area (Å²) < 4.78 is 2.43. The second kappa shape index (κ2) is 4.36. The molecule has 2 aliphatic rings. The van der Waals surface area contributed by atoms with Crippen LogP contribution in [0.5, 0.6) is 0 Å². The number of hydrogen-bond acceptors (Lipinski definition) is 0. The zero-order valence-corrected chi connectivity index (χ0v) is 12.7. The minimum Gasteiger partial charge on any atom is -0.347 e. The van der Waals surface area contributed by atoms with Gasteiger partial charge in [-0.25, -0.2) is 0 Å². The van der Waals surface area contributed by atoms with Crippen LogP contribution in [0, 0.1) is 5.92 Å². The molecule has 0 aliphatic heterocycles. The monoisotopic (exact) mass is 285 g/mol. The Balaban J connectivity index is 1.87. The number of aromatic nitrogens is 1. The number of fused-ring (bicyclic) bond motifs is 6. The highest BCUT2D eigenvalue weighted by Crippen LogP contribution is 2.53. The molecule has 1 aromatic heterocycles. The first-order valence-electron chi connectivity index (χ1n) is 8.15. The summed E-state index contributed by atoms with van der Waals surface area (Å²) in [4.78, 5) is 0. The van der Waals surface area contributed by atoms with Gasteiger partial charge in [0.2, 0.25) is 0 Å². The van der Waals surface area contributed by atoms with Gasteiger partial charge in [-0.15, -0.1) is 0 Å². The van der Waals surface area contributed by atoms with E-state index in [2.05, 4.69) is 78.4 Å². The van der Waals surface area contributed by atoms with Crippen molar-refractivity contribution < 1.29 is 0 Å². The molecule has 5 rings (SSSR count). The Labute approximate surface area is 130 Å². The van der Waals surface area contributed by atoms with Crippen molar-refractivity contribution in [2.45, 2.75) is 18.3 Å². The maximum Gasteiger partial charge on any atom is 0.0483 e. The van der Waals surface area contributed by atoms with Crippen LogP contribution in [-0.4, -0.2) is 4.57 Å². The van der Waals surface area contributed by atoms with E-state index in [-0.39, 0.29) is 0 Å². The van der Waals surface area contributed by atoms with Crippen molar-refractivity contribution >= 4 is 10.9 Å². The molecule has 2 aliphatic carbocycles. The Morgan fingerprint density at radius 1 is 0.909 bits per heavy atom. The summed E-state index contributed by atoms with van der Waals surface area (Å²) >= 11 is 0. The summed E-state index contributed by atoms with van der Waals surface area (Å²) in [5.41, 5.74) is 5.92. The van der Waals surface area contributed by atoms with Gasteiger partial charge in [-0.05, 0) is 29.5 Å². The Hall–Kier alpha value is -2.28. The second-order valence-electron chi connectivity index (χ2n) is 6.65. The maximum atomic E-state index is 2.46. The fraction of sp³-hybridized carbons (Fsp3) is 0.238. The first kappa shape index (κ1) is 12.3. The Bertz CT molecular complexity index is 885. The van der Waals surface area contributed by atoms with Gasteiger partial charge in [0.1, 0.15) is 0 Å². The summed E-state index contributed by atoms with van der Waals surface area (Å²) in [6, 6.07) is 19.9. The zero-order valence-electron chi connectivity index (χ0n) is 12.7. The second-order valence-corrected chi connectivity index (χ2v) is 6.65. The van der Waals surface area contributed by atoms with Crippen molar-refractivity contribution in [2.75, 3.05) is 0 Å². The molecule has 0 N–H and O–H groups in total. The Kier molecular flexibility index (Phi) is 2.43. The molecule has 1 nitrogen and oxygen atoms in total. The van der Waals surface area contributed by atoms with E-state index in [0.29, 0.717) is 17.8 Å². The molecule has 0 unspecified atom stereocenters. The van der Waals surface area contributed by atoms with E-state index >= 15 is 0 Å². The topological polar surface area (TPSA) is 4.93 Å². The standard InChI is InChI=1S/C21H19N/c1-22-18-10-6-5-9-17(18)20-19(14-7-3-2-4-8-14)15-11-12-16(13-15)21(20)22/h2-12,15-16,19H,13H2,1H3/t15-,16+,19-/m1/s1. The predicted molar refractivity (Wildman–Crippen MR) is 91.2 cm³/mol. The number of hydrogen-bond donors (Lipinski definition) is 0. The van der Waals surface area contributed by atoms with Crippen LogP contribution >= 0.6 is 0 Å². The van der Waals surface area contributed by atoms with Crippen LogP contribution in [0.15, 0.2) is 66.7 Å². The summed E-state index contributed by atoms with van der Waals surface area (Å²) in [5.74, 6) is 1.74. The van der Waals surface area contributed by atoms with Crippen molar-refractivity contribution in [1.29, 1.82) is 0 Å². The summed E-state index contributed by atoms with van der Waals surface area (Å²) in [5, 5.41) is 1.44. The van der Waals surface area contributed by atoms with Crippen LogP contribution < -0.4 is 0 Å². The molecule has 0 fully saturated rings. The molecule has 3 atom stereocenters. The fourth-order valence-corrected chi connectivity index (χ4v) is 4.68. The maximum absolute atomic E-state index is 2.46. The molecule has 0 saturated carbocycles. The normalized spacial score (nSPS) is 25.6. The molecule has 3 aromatic rings. The van der Waals surface area contributed by atoms with E-state index in [1.165, 1.54) is 28.6 Å². The molecular formula is C21H19N. The Morgan fingerprint density at radius 2 is 1.68 bits per heavy atom. The highest BCUT2D eigenvalue weighted by atomic mass is 15.0. The highest BCUT2D eigenvalue weighted by molar-refractivity contribution is 5.87. The molecule has 1 heterocycles. The van der Waals surface area contributed by atoms with Crippen LogP contribution in [0.25, 0.3) is 10.9 Å². The van der Waals surface area contributed by atoms with Gasteiger partial charge in [-0.1, -0.05) is 60.7 Å². The molecule has 0 amide bonds. The third kappa shape index (κ3) is 1.49. The highest BCUT2D eigenvalue weighted by Gasteiger charge is 2.40. The van der Waals surface area contributed by atoms with E-state index in [1.54, 1.807) is 5.56 Å². The average Bonchev–Trinajstić information content (AvgIpc) is 3.11. The average molecular weight is 285 g/mol. The molecular weight excluding hydrogens is 266 g/mol. The first-order chi connectivity index (χ1) is 10.8. The molecule has 0 spiro atoms. The minimum absolute atomic E-state index is 0.497. The lowest BCUT2D eigenvalue weighted by atomic mass is 9.73. The minimum atomic E-state index is 0.497. The fourth-order valence-electron chi connectivity index (χ4n) is 4.68. The van der Waals surface area contributed by atoms with Crippen molar-refractivity contribution in [3.8, 4) is 0 Å². The summed E-state index contributed by atoms with van der Waals surface area (Å²) in [7, 11) is 2.23. The van der Waals surface area contributed by atoms with Crippen LogP contribution in [0.1, 0.15) is 35.1 Å². The molecule has 22 heavy (non-hydrogen) atoms. The lowest BCUT2D eigenvalue weighted by Gasteiger charge is -2.31. The molecule has 1 heteroatoms. The van der Waals surface area contributed by atoms with Gasteiger partial charge in [0.05, 0.1) is 0 Å². The van der Waals surface area contributed by atoms with Crippen molar-refractivity contribution in [3.05, 3.63) is 83.6 Å². The summed E-state index contributed by atoms with van der Waals surface area (Å²) in [6.45, 7) is 0. The number of allylic oxidation sites excluding steroid dienone is 2. The number of rotatable bonds is 1. The number of benzene rings is 2. The third-order valence-electron chi connectivity index (χ3n) is 5.56. The van der Waals surface area contributed by atoms with E-state index in [0.717, 1.165) is 0 Å². The van der Waals surface area contributed by atoms with E-state index in [4.69, 9.17) is 0 Å². The van der Waals surface area contributed by atoms with Gasteiger partial charge in [-0.3, -0.25) is 0 Å². The van der Waals surface area contributed by atoms with Gasteiger partial charge in [-0.2, -0.15) is 0 Å². The van der Waals surface area contributed by atoms with Crippen LogP contribution in [-0.2, 0) is 7.05 Å². The van der Waals surface area contributed by atoms with Crippen LogP contribution in [0.2, 0.25) is 0 Å². The summed E-state index contributed by atoms with van der Waals surface area (Å²) in [6.07, 6.45) is 6.15. The first-order valence-corrected chi connectivity index (χ1v) is 8.15. The number of aryl methyl sites for hydroxylation is 1. The van der Waals surface area contributed by atoms with Gasteiger partial charge in [0.25, 0.3) is 0 Å². The SMILES string of the molecule is Cn1c2c(c3ccccc31)[C@H](c1ccccc1)[C@@H]1C=C[C@H]2C1.